The first-order valence-corrected chi connectivity index (χ1v) is 9.28. The van der Waals surface area contributed by atoms with Crippen LogP contribution in [0.1, 0.15) is 40.0 Å². The quantitative estimate of drug-likeness (QED) is 0.364. The Morgan fingerprint density at radius 2 is 1.81 bits per heavy atom. The van der Waals surface area contributed by atoms with Crippen molar-refractivity contribution < 1.29 is 19.1 Å². The molecule has 1 aromatic carbocycles. The van der Waals surface area contributed by atoms with Gasteiger partial charge in [0.25, 0.3) is 0 Å². The fraction of sp³-hybridized carbons (Fsp3) is 0.444. The lowest BCUT2D eigenvalue weighted by Gasteiger charge is -2.13. The monoisotopic (exact) mass is 415 g/mol. The molecule has 0 saturated heterocycles. The van der Waals surface area contributed by atoms with E-state index in [4.69, 9.17) is 27.9 Å². The van der Waals surface area contributed by atoms with Gasteiger partial charge in [0.1, 0.15) is 0 Å². The molecule has 0 fully saturated rings. The normalized spacial score (nSPS) is 12.3. The van der Waals surface area contributed by atoms with E-state index in [1.807, 2.05) is 6.92 Å². The van der Waals surface area contributed by atoms with Crippen molar-refractivity contribution in [2.45, 2.75) is 40.0 Å². The zero-order chi connectivity index (χ0) is 20.4. The number of nitrogens with zero attached hydrogens (tertiary/aromatic N) is 1. The second kappa shape index (κ2) is 11.6. The summed E-state index contributed by atoms with van der Waals surface area (Å²) in [4.78, 5) is 35.6. The molecular formula is C18H23Cl2N3O4. The number of benzene rings is 1. The van der Waals surface area contributed by atoms with Crippen LogP contribution < -0.4 is 10.7 Å². The van der Waals surface area contributed by atoms with E-state index >= 15 is 0 Å². The highest BCUT2D eigenvalue weighted by Crippen LogP contribution is 2.25. The summed E-state index contributed by atoms with van der Waals surface area (Å²) < 4.78 is 4.97. The van der Waals surface area contributed by atoms with E-state index in [0.717, 1.165) is 0 Å². The minimum atomic E-state index is -0.513. The number of hydrogen-bond donors (Lipinski definition) is 2. The molecule has 0 bridgehead atoms. The molecule has 27 heavy (non-hydrogen) atoms. The minimum absolute atomic E-state index is 0.0472. The number of rotatable bonds is 9. The van der Waals surface area contributed by atoms with Crippen molar-refractivity contribution in [3.8, 4) is 0 Å². The van der Waals surface area contributed by atoms with Crippen molar-refractivity contribution in [2.75, 3.05) is 11.9 Å². The first kappa shape index (κ1) is 22.9. The summed E-state index contributed by atoms with van der Waals surface area (Å²) in [5.74, 6) is -1.70. The maximum atomic E-state index is 11.9. The summed E-state index contributed by atoms with van der Waals surface area (Å²) in [6, 6.07) is 4.69. The number of ether oxygens (including phenoxy) is 1. The SMILES string of the molecule is CCOC(=O)[C@@H](CC)/C(C)=N/NC(=O)CCC(=O)Nc1ccc(Cl)cc1Cl. The van der Waals surface area contributed by atoms with Crippen LogP contribution in [0.3, 0.4) is 0 Å². The van der Waals surface area contributed by atoms with Crippen molar-refractivity contribution >= 4 is 52.4 Å². The summed E-state index contributed by atoms with van der Waals surface area (Å²) >= 11 is 11.8. The third kappa shape index (κ3) is 7.97. The Hall–Kier alpha value is -2.12. The van der Waals surface area contributed by atoms with Crippen LogP contribution in [0.4, 0.5) is 5.69 Å². The van der Waals surface area contributed by atoms with Crippen LogP contribution >= 0.6 is 23.2 Å². The molecule has 1 atom stereocenters. The molecule has 1 aromatic rings. The average molecular weight is 416 g/mol. The highest BCUT2D eigenvalue weighted by atomic mass is 35.5. The molecule has 0 aliphatic heterocycles. The lowest BCUT2D eigenvalue weighted by atomic mass is 10.0. The zero-order valence-electron chi connectivity index (χ0n) is 15.5. The summed E-state index contributed by atoms with van der Waals surface area (Å²) in [6.45, 7) is 5.47. The van der Waals surface area contributed by atoms with Gasteiger partial charge in [-0.3, -0.25) is 14.4 Å². The van der Waals surface area contributed by atoms with E-state index in [2.05, 4.69) is 15.8 Å². The van der Waals surface area contributed by atoms with Gasteiger partial charge in [0.2, 0.25) is 11.8 Å². The number of esters is 1. The fourth-order valence-electron chi connectivity index (χ4n) is 2.19. The number of hydrogen-bond acceptors (Lipinski definition) is 5. The van der Waals surface area contributed by atoms with Crippen LogP contribution in [0.5, 0.6) is 0 Å². The molecule has 2 amide bonds. The minimum Gasteiger partial charge on any atom is -0.465 e. The summed E-state index contributed by atoms with van der Waals surface area (Å²) in [6.07, 6.45) is 0.396. The molecular weight excluding hydrogens is 393 g/mol. The standard InChI is InChI=1S/C18H23Cl2N3O4/c1-4-13(18(26)27-5-2)11(3)22-23-17(25)9-8-16(24)21-15-7-6-12(19)10-14(15)20/h6-7,10,13H,4-5,8-9H2,1-3H3,(H,21,24)(H,23,25)/b22-11+/t13-/m0/s1. The molecule has 0 aromatic heterocycles. The molecule has 1 rings (SSSR count). The zero-order valence-corrected chi connectivity index (χ0v) is 17.0. The molecule has 148 valence electrons. The number of anilines is 1. The van der Waals surface area contributed by atoms with Crippen molar-refractivity contribution in [1.29, 1.82) is 0 Å². The number of hydrazone groups is 1. The van der Waals surface area contributed by atoms with E-state index in [9.17, 15) is 14.4 Å². The lowest BCUT2D eigenvalue weighted by molar-refractivity contribution is -0.145. The number of amides is 2. The van der Waals surface area contributed by atoms with Crippen molar-refractivity contribution in [3.05, 3.63) is 28.2 Å². The predicted molar refractivity (Wildman–Crippen MR) is 106 cm³/mol. The smallest absolute Gasteiger partial charge is 0.314 e. The number of halogens is 2. The highest BCUT2D eigenvalue weighted by molar-refractivity contribution is 6.36. The van der Waals surface area contributed by atoms with Gasteiger partial charge in [-0.2, -0.15) is 5.10 Å². The molecule has 2 N–H and O–H groups in total. The van der Waals surface area contributed by atoms with E-state index in [1.165, 1.54) is 6.07 Å². The molecule has 0 spiro atoms. The van der Waals surface area contributed by atoms with Crippen molar-refractivity contribution in [3.63, 3.8) is 0 Å². The highest BCUT2D eigenvalue weighted by Gasteiger charge is 2.21. The molecule has 9 heteroatoms. The second-order valence-corrected chi connectivity index (χ2v) is 6.52. The fourth-order valence-corrected chi connectivity index (χ4v) is 2.65. The van der Waals surface area contributed by atoms with E-state index in [0.29, 0.717) is 27.9 Å². The Balaban J connectivity index is 2.49. The average Bonchev–Trinajstić information content (AvgIpc) is 2.61. The maximum Gasteiger partial charge on any atom is 0.314 e. The summed E-state index contributed by atoms with van der Waals surface area (Å²) in [5, 5.41) is 7.31. The molecule has 0 heterocycles. The molecule has 0 unspecified atom stereocenters. The Kier molecular flexibility index (Phi) is 9.82. The second-order valence-electron chi connectivity index (χ2n) is 5.67. The van der Waals surface area contributed by atoms with Gasteiger partial charge in [0.05, 0.1) is 23.2 Å². The van der Waals surface area contributed by atoms with Crippen LogP contribution in [0.15, 0.2) is 23.3 Å². The summed E-state index contributed by atoms with van der Waals surface area (Å²) in [7, 11) is 0. The first-order valence-electron chi connectivity index (χ1n) is 8.53. The van der Waals surface area contributed by atoms with Crippen LogP contribution in [-0.2, 0) is 19.1 Å². The van der Waals surface area contributed by atoms with E-state index < -0.39 is 11.8 Å². The van der Waals surface area contributed by atoms with E-state index in [1.54, 1.807) is 26.0 Å². The Morgan fingerprint density at radius 1 is 1.15 bits per heavy atom. The largest absolute Gasteiger partial charge is 0.465 e. The molecule has 7 nitrogen and oxygen atoms in total. The van der Waals surface area contributed by atoms with Crippen LogP contribution in [0.25, 0.3) is 0 Å². The van der Waals surface area contributed by atoms with Crippen LogP contribution in [-0.4, -0.2) is 30.1 Å². The van der Waals surface area contributed by atoms with Gasteiger partial charge in [0, 0.05) is 23.6 Å². The lowest BCUT2D eigenvalue weighted by Crippen LogP contribution is -2.27. The van der Waals surface area contributed by atoms with Crippen LogP contribution in [0, 0.1) is 5.92 Å². The molecule has 0 radical (unpaired) electrons. The van der Waals surface area contributed by atoms with E-state index in [-0.39, 0.29) is 31.3 Å². The topological polar surface area (TPSA) is 96.9 Å². The van der Waals surface area contributed by atoms with Gasteiger partial charge in [0.15, 0.2) is 0 Å². The molecule has 0 aliphatic carbocycles. The van der Waals surface area contributed by atoms with Gasteiger partial charge in [-0.15, -0.1) is 0 Å². The number of nitrogens with one attached hydrogen (secondary N) is 2. The van der Waals surface area contributed by atoms with Gasteiger partial charge in [-0.25, -0.2) is 5.43 Å². The van der Waals surface area contributed by atoms with Gasteiger partial charge in [-0.1, -0.05) is 30.1 Å². The Morgan fingerprint density at radius 3 is 2.41 bits per heavy atom. The third-order valence-corrected chi connectivity index (χ3v) is 4.17. The van der Waals surface area contributed by atoms with Gasteiger partial charge < -0.3 is 10.1 Å². The van der Waals surface area contributed by atoms with Gasteiger partial charge in [-0.05, 0) is 38.5 Å². The van der Waals surface area contributed by atoms with Gasteiger partial charge >= 0.3 is 5.97 Å². The Labute approximate surface area is 168 Å². The number of carbonyl (C=O) groups is 3. The Bertz CT molecular complexity index is 723. The first-order chi connectivity index (χ1) is 12.8. The third-order valence-electron chi connectivity index (χ3n) is 3.62. The molecule has 0 saturated carbocycles. The predicted octanol–water partition coefficient (Wildman–Crippen LogP) is 3.79. The van der Waals surface area contributed by atoms with Crippen LogP contribution in [0.2, 0.25) is 10.0 Å². The number of carbonyl (C=O) groups excluding carboxylic acids is 3. The maximum absolute atomic E-state index is 11.9. The van der Waals surface area contributed by atoms with Crippen molar-refractivity contribution in [1.82, 2.24) is 5.43 Å². The van der Waals surface area contributed by atoms with Crippen molar-refractivity contribution in [2.24, 2.45) is 11.0 Å². The summed E-state index contributed by atoms with van der Waals surface area (Å²) in [5.41, 5.74) is 3.21. The molecule has 0 aliphatic rings.